The Morgan fingerprint density at radius 1 is 1.47 bits per heavy atom. The van der Waals surface area contributed by atoms with Crippen molar-refractivity contribution in [3.8, 4) is 5.88 Å². The molecule has 0 amide bonds. The highest BCUT2D eigenvalue weighted by atomic mass is 16.5. The Kier molecular flexibility index (Phi) is 4.28. The zero-order valence-electron chi connectivity index (χ0n) is 9.49. The Labute approximate surface area is 90.5 Å². The number of rotatable bonds is 5. The van der Waals surface area contributed by atoms with E-state index in [1.807, 2.05) is 13.8 Å². The quantitative estimate of drug-likeness (QED) is 0.697. The predicted molar refractivity (Wildman–Crippen MR) is 59.2 cm³/mol. The molecule has 3 heteroatoms. The third kappa shape index (κ3) is 2.55. The molecular weight excluding hydrogens is 190 g/mol. The number of Topliss-reactive ketones (excluding diaryl/α,β-unsaturated/α-hetero) is 1. The van der Waals surface area contributed by atoms with Crippen molar-refractivity contribution < 1.29 is 9.53 Å². The normalized spacial score (nSPS) is 10.4. The van der Waals surface area contributed by atoms with Gasteiger partial charge in [0.1, 0.15) is 0 Å². The van der Waals surface area contributed by atoms with Gasteiger partial charge >= 0.3 is 0 Å². The van der Waals surface area contributed by atoms with Gasteiger partial charge in [0.05, 0.1) is 12.7 Å². The Balaban J connectivity index is 2.99. The first kappa shape index (κ1) is 11.7. The summed E-state index contributed by atoms with van der Waals surface area (Å²) in [6.07, 6.45) is 3.34. The molecule has 0 unspecified atom stereocenters. The van der Waals surface area contributed by atoms with Gasteiger partial charge in [-0.05, 0) is 25.0 Å². The maximum absolute atomic E-state index is 12.1. The van der Waals surface area contributed by atoms with Gasteiger partial charge in [0.2, 0.25) is 5.88 Å². The number of aromatic nitrogens is 1. The summed E-state index contributed by atoms with van der Waals surface area (Å²) in [4.78, 5) is 16.1. The summed E-state index contributed by atoms with van der Waals surface area (Å²) < 4.78 is 5.07. The topological polar surface area (TPSA) is 39.2 Å². The Morgan fingerprint density at radius 2 is 2.13 bits per heavy atom. The van der Waals surface area contributed by atoms with E-state index in [2.05, 4.69) is 4.98 Å². The van der Waals surface area contributed by atoms with Crippen molar-refractivity contribution >= 4 is 5.78 Å². The van der Waals surface area contributed by atoms with E-state index < -0.39 is 0 Å². The molecule has 82 valence electrons. The zero-order chi connectivity index (χ0) is 11.3. The van der Waals surface area contributed by atoms with E-state index >= 15 is 0 Å². The molecule has 0 spiro atoms. The number of methoxy groups -OCH3 is 1. The van der Waals surface area contributed by atoms with Crippen molar-refractivity contribution in [3.63, 3.8) is 0 Å². The molecule has 1 heterocycles. The van der Waals surface area contributed by atoms with E-state index in [4.69, 9.17) is 4.74 Å². The van der Waals surface area contributed by atoms with Crippen LogP contribution in [0.2, 0.25) is 0 Å². The first-order chi connectivity index (χ1) is 7.24. The van der Waals surface area contributed by atoms with Crippen LogP contribution in [0.5, 0.6) is 5.88 Å². The molecule has 1 rings (SSSR count). The SMILES string of the molecule is CCC(CC)C(=O)c1cccnc1OC. The highest BCUT2D eigenvalue weighted by molar-refractivity contribution is 5.99. The largest absolute Gasteiger partial charge is 0.480 e. The molecule has 0 saturated carbocycles. The lowest BCUT2D eigenvalue weighted by atomic mass is 9.93. The number of ketones is 1. The molecule has 0 N–H and O–H groups in total. The van der Waals surface area contributed by atoms with Crippen LogP contribution < -0.4 is 4.74 Å². The third-order valence-corrected chi connectivity index (χ3v) is 2.59. The zero-order valence-corrected chi connectivity index (χ0v) is 9.49. The van der Waals surface area contributed by atoms with E-state index in [0.29, 0.717) is 11.4 Å². The summed E-state index contributed by atoms with van der Waals surface area (Å²) in [5.74, 6) is 0.627. The molecule has 0 radical (unpaired) electrons. The van der Waals surface area contributed by atoms with Crippen LogP contribution in [0.4, 0.5) is 0 Å². The smallest absolute Gasteiger partial charge is 0.224 e. The molecule has 0 aliphatic rings. The van der Waals surface area contributed by atoms with Crippen LogP contribution in [0, 0.1) is 5.92 Å². The molecule has 0 bridgehead atoms. The summed E-state index contributed by atoms with van der Waals surface area (Å²) in [6, 6.07) is 3.53. The number of carbonyl (C=O) groups excluding carboxylic acids is 1. The highest BCUT2D eigenvalue weighted by Gasteiger charge is 2.20. The van der Waals surface area contributed by atoms with Gasteiger partial charge in [0.15, 0.2) is 5.78 Å². The summed E-state index contributed by atoms with van der Waals surface area (Å²) >= 11 is 0. The average molecular weight is 207 g/mol. The van der Waals surface area contributed by atoms with Crippen molar-refractivity contribution in [3.05, 3.63) is 23.9 Å². The molecule has 0 aliphatic carbocycles. The number of hydrogen-bond acceptors (Lipinski definition) is 3. The molecule has 15 heavy (non-hydrogen) atoms. The van der Waals surface area contributed by atoms with Crippen LogP contribution >= 0.6 is 0 Å². The molecule has 0 atom stereocenters. The van der Waals surface area contributed by atoms with Crippen molar-refractivity contribution in [2.45, 2.75) is 26.7 Å². The van der Waals surface area contributed by atoms with Gasteiger partial charge in [-0.2, -0.15) is 0 Å². The van der Waals surface area contributed by atoms with Crippen LogP contribution in [0.1, 0.15) is 37.0 Å². The lowest BCUT2D eigenvalue weighted by Crippen LogP contribution is -2.14. The predicted octanol–water partition coefficient (Wildman–Crippen LogP) is 2.71. The van der Waals surface area contributed by atoms with Gasteiger partial charge < -0.3 is 4.74 Å². The van der Waals surface area contributed by atoms with Crippen molar-refractivity contribution in [1.29, 1.82) is 0 Å². The maximum atomic E-state index is 12.1. The van der Waals surface area contributed by atoms with Gasteiger partial charge in [-0.3, -0.25) is 4.79 Å². The van der Waals surface area contributed by atoms with E-state index in [-0.39, 0.29) is 11.7 Å². The van der Waals surface area contributed by atoms with Gasteiger partial charge in [0.25, 0.3) is 0 Å². The molecular formula is C12H17NO2. The molecule has 1 aromatic heterocycles. The second-order valence-corrected chi connectivity index (χ2v) is 3.44. The van der Waals surface area contributed by atoms with E-state index in [1.165, 1.54) is 7.11 Å². The monoisotopic (exact) mass is 207 g/mol. The number of carbonyl (C=O) groups is 1. The van der Waals surface area contributed by atoms with E-state index in [0.717, 1.165) is 12.8 Å². The summed E-state index contributed by atoms with van der Waals surface area (Å²) in [5, 5.41) is 0. The molecule has 0 fully saturated rings. The Morgan fingerprint density at radius 3 is 2.67 bits per heavy atom. The van der Waals surface area contributed by atoms with Crippen molar-refractivity contribution in [2.75, 3.05) is 7.11 Å². The fourth-order valence-corrected chi connectivity index (χ4v) is 1.62. The first-order valence-electron chi connectivity index (χ1n) is 5.27. The Bertz CT molecular complexity index is 332. The fraction of sp³-hybridized carbons (Fsp3) is 0.500. The fourth-order valence-electron chi connectivity index (χ4n) is 1.62. The number of ether oxygens (including phenoxy) is 1. The van der Waals surface area contributed by atoms with Crippen LogP contribution in [-0.2, 0) is 0 Å². The van der Waals surface area contributed by atoms with E-state index in [9.17, 15) is 4.79 Å². The minimum atomic E-state index is 0.0723. The van der Waals surface area contributed by atoms with Gasteiger partial charge in [-0.1, -0.05) is 13.8 Å². The van der Waals surface area contributed by atoms with E-state index in [1.54, 1.807) is 18.3 Å². The molecule has 0 aromatic carbocycles. The summed E-state index contributed by atoms with van der Waals surface area (Å²) in [6.45, 7) is 4.05. The molecule has 0 saturated heterocycles. The molecule has 3 nitrogen and oxygen atoms in total. The molecule has 1 aromatic rings. The number of nitrogens with zero attached hydrogens (tertiary/aromatic N) is 1. The maximum Gasteiger partial charge on any atom is 0.224 e. The Hall–Kier alpha value is -1.38. The average Bonchev–Trinajstić information content (AvgIpc) is 2.30. The second-order valence-electron chi connectivity index (χ2n) is 3.44. The number of pyridine rings is 1. The van der Waals surface area contributed by atoms with Crippen LogP contribution in [0.3, 0.4) is 0 Å². The minimum absolute atomic E-state index is 0.0723. The van der Waals surface area contributed by atoms with Gasteiger partial charge in [-0.25, -0.2) is 4.98 Å². The van der Waals surface area contributed by atoms with Crippen LogP contribution in [0.15, 0.2) is 18.3 Å². The summed E-state index contributed by atoms with van der Waals surface area (Å²) in [5.41, 5.74) is 0.591. The standard InChI is InChI=1S/C12H17NO2/c1-4-9(5-2)11(14)10-7-6-8-13-12(10)15-3/h6-9H,4-5H2,1-3H3. The first-order valence-corrected chi connectivity index (χ1v) is 5.27. The third-order valence-electron chi connectivity index (χ3n) is 2.59. The molecule has 0 aliphatic heterocycles. The van der Waals surface area contributed by atoms with Gasteiger partial charge in [-0.15, -0.1) is 0 Å². The lowest BCUT2D eigenvalue weighted by Gasteiger charge is -2.12. The highest BCUT2D eigenvalue weighted by Crippen LogP contribution is 2.21. The van der Waals surface area contributed by atoms with Gasteiger partial charge in [0, 0.05) is 12.1 Å². The van der Waals surface area contributed by atoms with Crippen LogP contribution in [-0.4, -0.2) is 17.9 Å². The minimum Gasteiger partial charge on any atom is -0.480 e. The van der Waals surface area contributed by atoms with Crippen LogP contribution in [0.25, 0.3) is 0 Å². The summed E-state index contributed by atoms with van der Waals surface area (Å²) in [7, 11) is 1.53. The second kappa shape index (κ2) is 5.49. The number of hydrogen-bond donors (Lipinski definition) is 0. The lowest BCUT2D eigenvalue weighted by molar-refractivity contribution is 0.0909. The van der Waals surface area contributed by atoms with Crippen molar-refractivity contribution in [2.24, 2.45) is 5.92 Å². The van der Waals surface area contributed by atoms with Crippen molar-refractivity contribution in [1.82, 2.24) is 4.98 Å².